The summed E-state index contributed by atoms with van der Waals surface area (Å²) in [4.78, 5) is 28.4. The quantitative estimate of drug-likeness (QED) is 0.327. The van der Waals surface area contributed by atoms with Crippen LogP contribution in [0.1, 0.15) is 41.4 Å². The number of anilines is 1. The molecule has 0 aliphatic rings. The number of imidazole rings is 1. The van der Waals surface area contributed by atoms with Crippen LogP contribution in [0.25, 0.3) is 16.9 Å². The van der Waals surface area contributed by atoms with Gasteiger partial charge in [0, 0.05) is 18.1 Å². The van der Waals surface area contributed by atoms with Crippen molar-refractivity contribution in [2.24, 2.45) is 0 Å². The highest BCUT2D eigenvalue weighted by Gasteiger charge is 2.31. The van der Waals surface area contributed by atoms with Crippen LogP contribution in [0.4, 0.5) is 27.8 Å². The number of hydrogen-bond acceptors (Lipinski definition) is 5. The first-order valence-corrected chi connectivity index (χ1v) is 11.1. The molecule has 0 aliphatic carbocycles. The van der Waals surface area contributed by atoms with Gasteiger partial charge >= 0.3 is 6.36 Å². The van der Waals surface area contributed by atoms with E-state index in [-0.39, 0.29) is 34.1 Å². The van der Waals surface area contributed by atoms with Gasteiger partial charge in [0.25, 0.3) is 5.91 Å². The number of ether oxygens (including phenoxy) is 1. The van der Waals surface area contributed by atoms with Gasteiger partial charge in [0.05, 0.1) is 23.5 Å². The number of amides is 2. The van der Waals surface area contributed by atoms with E-state index >= 15 is 4.39 Å². The highest BCUT2D eigenvalue weighted by molar-refractivity contribution is 5.96. The molecular formula is C25H20F5N5O3. The molecule has 38 heavy (non-hydrogen) atoms. The van der Waals surface area contributed by atoms with Gasteiger partial charge in [0.15, 0.2) is 11.5 Å². The normalized spacial score (nSPS) is 12.3. The third kappa shape index (κ3) is 5.71. The van der Waals surface area contributed by atoms with Crippen LogP contribution >= 0.6 is 0 Å². The van der Waals surface area contributed by atoms with Gasteiger partial charge in [0.1, 0.15) is 17.4 Å². The number of rotatable bonds is 6. The highest BCUT2D eigenvalue weighted by atomic mass is 19.4. The minimum absolute atomic E-state index is 0.0220. The minimum atomic E-state index is -4.98. The largest absolute Gasteiger partial charge is 0.573 e. The number of aromatic nitrogens is 3. The number of hydrogen-bond donors (Lipinski definition) is 2. The molecule has 2 amide bonds. The fourth-order valence-electron chi connectivity index (χ4n) is 3.82. The van der Waals surface area contributed by atoms with Gasteiger partial charge in [-0.3, -0.25) is 9.59 Å². The summed E-state index contributed by atoms with van der Waals surface area (Å²) in [5, 5.41) is 9.25. The third-order valence-corrected chi connectivity index (χ3v) is 5.49. The Kier molecular flexibility index (Phi) is 7.03. The van der Waals surface area contributed by atoms with Crippen molar-refractivity contribution in [3.8, 4) is 17.0 Å². The maximum absolute atomic E-state index is 15.6. The van der Waals surface area contributed by atoms with E-state index < -0.39 is 35.7 Å². The molecule has 0 fully saturated rings. The second-order valence-corrected chi connectivity index (χ2v) is 8.37. The molecule has 0 aliphatic heterocycles. The monoisotopic (exact) mass is 533 g/mol. The molecule has 0 radical (unpaired) electrons. The molecule has 0 saturated carbocycles. The molecule has 2 aromatic carbocycles. The Labute approximate surface area is 212 Å². The first kappa shape index (κ1) is 26.5. The van der Waals surface area contributed by atoms with E-state index in [1.54, 1.807) is 13.0 Å². The molecule has 1 atom stereocenters. The zero-order valence-electron chi connectivity index (χ0n) is 20.2. The molecule has 4 rings (SSSR count). The molecule has 8 nitrogen and oxygen atoms in total. The van der Waals surface area contributed by atoms with Crippen LogP contribution in [0.3, 0.4) is 0 Å². The van der Waals surface area contributed by atoms with Gasteiger partial charge in [-0.05, 0) is 55.8 Å². The number of nitrogens with zero attached hydrogens (tertiary/aromatic N) is 3. The van der Waals surface area contributed by atoms with Crippen LogP contribution in [0.5, 0.6) is 5.75 Å². The zero-order chi connectivity index (χ0) is 27.8. The van der Waals surface area contributed by atoms with E-state index in [4.69, 9.17) is 0 Å². The molecule has 2 aromatic heterocycles. The van der Waals surface area contributed by atoms with Crippen LogP contribution in [-0.2, 0) is 4.79 Å². The van der Waals surface area contributed by atoms with Crippen molar-refractivity contribution in [3.63, 3.8) is 0 Å². The average Bonchev–Trinajstić information content (AvgIpc) is 3.20. The summed E-state index contributed by atoms with van der Waals surface area (Å²) in [5.74, 6) is -3.45. The third-order valence-electron chi connectivity index (χ3n) is 5.49. The van der Waals surface area contributed by atoms with Crippen LogP contribution in [0.15, 0.2) is 48.7 Å². The SMILES string of the molecule is CC(=O)Nc1cn2nc(-c3c(C)ccc(C(=O)N[C@@H](C)c4cc(OC(F)(F)F)ccc4F)c3F)ccc2n1. The summed E-state index contributed by atoms with van der Waals surface area (Å²) in [6, 6.07) is 7.05. The lowest BCUT2D eigenvalue weighted by molar-refractivity contribution is -0.274. The van der Waals surface area contributed by atoms with E-state index in [0.29, 0.717) is 11.2 Å². The molecule has 13 heteroatoms. The standard InChI is InChI=1S/C25H20F5N5O3/c1-12-4-6-16(24(37)31-13(2)17-10-15(5-7-18(17)26)38-25(28,29)30)23(27)22(12)19-8-9-21-33-20(32-14(3)36)11-35(21)34-19/h4-11,13H,1-3H3,(H,31,37)(H,32,36)/t13-/m0/s1. The number of carbonyl (C=O) groups is 2. The molecule has 0 bridgehead atoms. The fourth-order valence-corrected chi connectivity index (χ4v) is 3.82. The van der Waals surface area contributed by atoms with Gasteiger partial charge < -0.3 is 15.4 Å². The van der Waals surface area contributed by atoms with Crippen molar-refractivity contribution in [1.29, 1.82) is 0 Å². The van der Waals surface area contributed by atoms with Crippen LogP contribution in [0.2, 0.25) is 0 Å². The lowest BCUT2D eigenvalue weighted by Gasteiger charge is -2.18. The van der Waals surface area contributed by atoms with Gasteiger partial charge in [-0.1, -0.05) is 6.07 Å². The Morgan fingerprint density at radius 1 is 1.08 bits per heavy atom. The van der Waals surface area contributed by atoms with Crippen molar-refractivity contribution < 1.29 is 36.3 Å². The lowest BCUT2D eigenvalue weighted by Crippen LogP contribution is -2.28. The number of halogens is 5. The Balaban J connectivity index is 1.63. The van der Waals surface area contributed by atoms with Crippen molar-refractivity contribution in [2.75, 3.05) is 5.32 Å². The van der Waals surface area contributed by atoms with Crippen LogP contribution in [0, 0.1) is 18.6 Å². The molecule has 2 heterocycles. The van der Waals surface area contributed by atoms with E-state index in [2.05, 4.69) is 25.5 Å². The fraction of sp³-hybridized carbons (Fsp3) is 0.200. The Bertz CT molecular complexity index is 1550. The van der Waals surface area contributed by atoms with E-state index in [1.807, 2.05) is 0 Å². The topological polar surface area (TPSA) is 97.6 Å². The molecule has 0 unspecified atom stereocenters. The first-order chi connectivity index (χ1) is 17.8. The van der Waals surface area contributed by atoms with E-state index in [9.17, 15) is 27.2 Å². The van der Waals surface area contributed by atoms with Crippen LogP contribution in [-0.4, -0.2) is 32.8 Å². The maximum Gasteiger partial charge on any atom is 0.573 e. The van der Waals surface area contributed by atoms with Gasteiger partial charge in [-0.15, -0.1) is 13.2 Å². The van der Waals surface area contributed by atoms with Gasteiger partial charge in [0.2, 0.25) is 5.91 Å². The maximum atomic E-state index is 15.6. The summed E-state index contributed by atoms with van der Waals surface area (Å²) in [5.41, 5.74) is 0.377. The first-order valence-electron chi connectivity index (χ1n) is 11.1. The number of benzene rings is 2. The number of aryl methyl sites for hydroxylation is 1. The highest BCUT2D eigenvalue weighted by Crippen LogP contribution is 2.30. The Morgan fingerprint density at radius 2 is 1.82 bits per heavy atom. The van der Waals surface area contributed by atoms with Crippen molar-refractivity contribution >= 4 is 23.3 Å². The summed E-state index contributed by atoms with van der Waals surface area (Å²) in [7, 11) is 0. The summed E-state index contributed by atoms with van der Waals surface area (Å²) in [6.45, 7) is 4.27. The van der Waals surface area contributed by atoms with E-state index in [1.165, 1.54) is 42.8 Å². The minimum Gasteiger partial charge on any atom is -0.406 e. The van der Waals surface area contributed by atoms with Crippen molar-refractivity contribution in [1.82, 2.24) is 19.9 Å². The second kappa shape index (κ2) is 10.1. The lowest BCUT2D eigenvalue weighted by atomic mass is 10.00. The smallest absolute Gasteiger partial charge is 0.406 e. The molecular weight excluding hydrogens is 513 g/mol. The predicted octanol–water partition coefficient (Wildman–Crippen LogP) is 5.33. The number of carbonyl (C=O) groups excluding carboxylic acids is 2. The second-order valence-electron chi connectivity index (χ2n) is 8.37. The van der Waals surface area contributed by atoms with Gasteiger partial charge in [-0.2, -0.15) is 5.10 Å². The van der Waals surface area contributed by atoms with Crippen molar-refractivity contribution in [2.45, 2.75) is 33.2 Å². The molecule has 2 N–H and O–H groups in total. The number of nitrogens with one attached hydrogen (secondary N) is 2. The molecule has 4 aromatic rings. The summed E-state index contributed by atoms with van der Waals surface area (Å²) >= 11 is 0. The Hall–Kier alpha value is -4.55. The average molecular weight is 533 g/mol. The predicted molar refractivity (Wildman–Crippen MR) is 126 cm³/mol. The van der Waals surface area contributed by atoms with E-state index in [0.717, 1.165) is 18.2 Å². The number of alkyl halides is 3. The molecule has 198 valence electrons. The molecule has 0 spiro atoms. The molecule has 0 saturated heterocycles. The van der Waals surface area contributed by atoms with Gasteiger partial charge in [-0.25, -0.2) is 18.3 Å². The number of fused-ring (bicyclic) bond motifs is 1. The zero-order valence-corrected chi connectivity index (χ0v) is 20.2. The summed E-state index contributed by atoms with van der Waals surface area (Å²) < 4.78 is 72.7. The van der Waals surface area contributed by atoms with Crippen LogP contribution < -0.4 is 15.4 Å². The Morgan fingerprint density at radius 3 is 2.50 bits per heavy atom. The summed E-state index contributed by atoms with van der Waals surface area (Å²) in [6.07, 6.45) is -3.54. The van der Waals surface area contributed by atoms with Crippen molar-refractivity contribution in [3.05, 3.63) is 77.0 Å².